The predicted molar refractivity (Wildman–Crippen MR) is 82.8 cm³/mol. The Balaban J connectivity index is 1.50. The summed E-state index contributed by atoms with van der Waals surface area (Å²) in [6.45, 7) is 0.271. The van der Waals surface area contributed by atoms with E-state index in [-0.39, 0.29) is 24.2 Å². The highest BCUT2D eigenvalue weighted by Crippen LogP contribution is 2.40. The quantitative estimate of drug-likeness (QED) is 0.804. The Labute approximate surface area is 142 Å². The lowest BCUT2D eigenvalue weighted by atomic mass is 10.1. The van der Waals surface area contributed by atoms with Crippen molar-refractivity contribution in [3.63, 3.8) is 0 Å². The minimum atomic E-state index is -4.36. The van der Waals surface area contributed by atoms with Crippen molar-refractivity contribution in [2.24, 2.45) is 0 Å². The SMILES string of the molecule is O=C(c1cc(C2CC2)on1)N(Cc1ccc(C(F)(F)F)cc1)C1CC1. The Morgan fingerprint density at radius 2 is 1.84 bits per heavy atom. The molecule has 7 heteroatoms. The summed E-state index contributed by atoms with van der Waals surface area (Å²) in [6, 6.07) is 6.75. The van der Waals surface area contributed by atoms with Crippen molar-refractivity contribution in [2.75, 3.05) is 0 Å². The zero-order valence-electron chi connectivity index (χ0n) is 13.4. The van der Waals surface area contributed by atoms with Gasteiger partial charge in [0.05, 0.1) is 5.56 Å². The first kappa shape index (κ1) is 16.2. The molecule has 0 atom stereocenters. The van der Waals surface area contributed by atoms with Crippen LogP contribution in [0.15, 0.2) is 34.9 Å². The molecule has 25 heavy (non-hydrogen) atoms. The molecular weight excluding hydrogens is 333 g/mol. The van der Waals surface area contributed by atoms with E-state index in [9.17, 15) is 18.0 Å². The van der Waals surface area contributed by atoms with Crippen LogP contribution in [0.1, 0.15) is 59.0 Å². The zero-order valence-corrected chi connectivity index (χ0v) is 13.4. The number of carbonyl (C=O) groups is 1. The molecule has 0 radical (unpaired) electrons. The average molecular weight is 350 g/mol. The fourth-order valence-corrected chi connectivity index (χ4v) is 2.85. The van der Waals surface area contributed by atoms with Gasteiger partial charge in [-0.3, -0.25) is 4.79 Å². The number of benzene rings is 1. The molecule has 0 saturated heterocycles. The first-order valence-corrected chi connectivity index (χ1v) is 8.35. The molecular formula is C18H17F3N2O2. The molecule has 0 N–H and O–H groups in total. The minimum absolute atomic E-state index is 0.121. The molecule has 1 aromatic carbocycles. The van der Waals surface area contributed by atoms with Gasteiger partial charge in [0.15, 0.2) is 5.69 Å². The highest BCUT2D eigenvalue weighted by Gasteiger charge is 2.36. The predicted octanol–water partition coefficient (Wildman–Crippen LogP) is 4.38. The Hall–Kier alpha value is -2.31. The highest BCUT2D eigenvalue weighted by molar-refractivity contribution is 5.92. The molecule has 1 amide bonds. The Morgan fingerprint density at radius 3 is 2.40 bits per heavy atom. The third-order valence-electron chi connectivity index (χ3n) is 4.61. The summed E-state index contributed by atoms with van der Waals surface area (Å²) < 4.78 is 43.2. The van der Waals surface area contributed by atoms with Crippen molar-refractivity contribution in [2.45, 2.75) is 50.4 Å². The number of halogens is 3. The first-order chi connectivity index (χ1) is 11.9. The van der Waals surface area contributed by atoms with Gasteiger partial charge in [0.25, 0.3) is 5.91 Å². The molecule has 1 aromatic heterocycles. The number of rotatable bonds is 5. The second-order valence-electron chi connectivity index (χ2n) is 6.75. The summed E-state index contributed by atoms with van der Waals surface area (Å²) in [7, 11) is 0. The third kappa shape index (κ3) is 3.55. The van der Waals surface area contributed by atoms with E-state index in [4.69, 9.17) is 4.52 Å². The van der Waals surface area contributed by atoms with Crippen LogP contribution in [0, 0.1) is 0 Å². The number of amides is 1. The Morgan fingerprint density at radius 1 is 1.16 bits per heavy atom. The number of carbonyl (C=O) groups excluding carboxylic acids is 1. The van der Waals surface area contributed by atoms with E-state index in [1.54, 1.807) is 11.0 Å². The third-order valence-corrected chi connectivity index (χ3v) is 4.61. The van der Waals surface area contributed by atoms with Gasteiger partial charge in [-0.25, -0.2) is 0 Å². The maximum atomic E-state index is 12.7. The van der Waals surface area contributed by atoms with Crippen molar-refractivity contribution >= 4 is 5.91 Å². The summed E-state index contributed by atoms with van der Waals surface area (Å²) in [5.41, 5.74) is 0.256. The largest absolute Gasteiger partial charge is 0.416 e. The van der Waals surface area contributed by atoms with Gasteiger partial charge in [0, 0.05) is 24.6 Å². The van der Waals surface area contributed by atoms with Gasteiger partial charge >= 0.3 is 6.18 Å². The van der Waals surface area contributed by atoms with Gasteiger partial charge in [0.1, 0.15) is 5.76 Å². The number of hydrogen-bond donors (Lipinski definition) is 0. The molecule has 4 rings (SSSR count). The molecule has 0 bridgehead atoms. The summed E-state index contributed by atoms with van der Waals surface area (Å²) in [4.78, 5) is 14.4. The minimum Gasteiger partial charge on any atom is -0.360 e. The molecule has 2 aromatic rings. The van der Waals surface area contributed by atoms with Crippen molar-refractivity contribution in [3.05, 3.63) is 52.9 Å². The normalized spacial score (nSPS) is 17.6. The van der Waals surface area contributed by atoms with Crippen LogP contribution in [0.25, 0.3) is 0 Å². The molecule has 0 unspecified atom stereocenters. The van der Waals surface area contributed by atoms with Gasteiger partial charge < -0.3 is 9.42 Å². The topological polar surface area (TPSA) is 46.3 Å². The Bertz CT molecular complexity index is 774. The van der Waals surface area contributed by atoms with Crippen molar-refractivity contribution < 1.29 is 22.5 Å². The fraction of sp³-hybridized carbons (Fsp3) is 0.444. The van der Waals surface area contributed by atoms with Gasteiger partial charge in [-0.2, -0.15) is 13.2 Å². The van der Waals surface area contributed by atoms with Crippen LogP contribution in [0.3, 0.4) is 0 Å². The standard InChI is InChI=1S/C18H17F3N2O2/c19-18(20,21)13-5-1-11(2-6-13)10-23(14-7-8-14)17(24)15-9-16(25-22-15)12-3-4-12/h1-2,5-6,9,12,14H,3-4,7-8,10H2. The van der Waals surface area contributed by atoms with Crippen molar-refractivity contribution in [1.82, 2.24) is 10.1 Å². The van der Waals surface area contributed by atoms with E-state index in [2.05, 4.69) is 5.16 Å². The summed E-state index contributed by atoms with van der Waals surface area (Å²) in [6.07, 6.45) is -0.439. The molecule has 2 aliphatic rings. The maximum Gasteiger partial charge on any atom is 0.416 e. The number of hydrogen-bond acceptors (Lipinski definition) is 3. The lowest BCUT2D eigenvalue weighted by Gasteiger charge is -2.21. The Kier molecular flexibility index (Phi) is 3.81. The molecule has 2 aliphatic carbocycles. The van der Waals surface area contributed by atoms with Crippen molar-refractivity contribution in [3.8, 4) is 0 Å². The lowest BCUT2D eigenvalue weighted by molar-refractivity contribution is -0.137. The van der Waals surface area contributed by atoms with Gasteiger partial charge in [0.2, 0.25) is 0 Å². The van der Waals surface area contributed by atoms with E-state index in [0.29, 0.717) is 11.5 Å². The summed E-state index contributed by atoms with van der Waals surface area (Å²) >= 11 is 0. The number of alkyl halides is 3. The molecule has 0 spiro atoms. The molecule has 132 valence electrons. The fourth-order valence-electron chi connectivity index (χ4n) is 2.85. The average Bonchev–Trinajstić information content (AvgIpc) is 3.51. The highest BCUT2D eigenvalue weighted by atomic mass is 19.4. The zero-order chi connectivity index (χ0) is 17.6. The van der Waals surface area contributed by atoms with Gasteiger partial charge in [-0.15, -0.1) is 0 Å². The second kappa shape index (κ2) is 5.89. The van der Waals surface area contributed by atoms with E-state index in [0.717, 1.165) is 43.6 Å². The lowest BCUT2D eigenvalue weighted by Crippen LogP contribution is -2.32. The van der Waals surface area contributed by atoms with Crippen LogP contribution in [0.4, 0.5) is 13.2 Å². The monoisotopic (exact) mass is 350 g/mol. The van der Waals surface area contributed by atoms with Gasteiger partial charge in [-0.1, -0.05) is 17.3 Å². The molecule has 0 aliphatic heterocycles. The van der Waals surface area contributed by atoms with Crippen molar-refractivity contribution in [1.29, 1.82) is 0 Å². The molecule has 2 fully saturated rings. The second-order valence-corrected chi connectivity index (χ2v) is 6.75. The summed E-state index contributed by atoms with van der Waals surface area (Å²) in [5, 5.41) is 3.88. The summed E-state index contributed by atoms with van der Waals surface area (Å²) in [5.74, 6) is 0.894. The van der Waals surface area contributed by atoms with Crippen LogP contribution >= 0.6 is 0 Å². The molecule has 1 heterocycles. The van der Waals surface area contributed by atoms with Crippen LogP contribution in [-0.2, 0) is 12.7 Å². The van der Waals surface area contributed by atoms with Crippen LogP contribution in [0.2, 0.25) is 0 Å². The smallest absolute Gasteiger partial charge is 0.360 e. The number of aromatic nitrogens is 1. The molecule has 2 saturated carbocycles. The van der Waals surface area contributed by atoms with Crippen LogP contribution in [-0.4, -0.2) is 22.0 Å². The maximum absolute atomic E-state index is 12.7. The van der Waals surface area contributed by atoms with E-state index in [1.807, 2.05) is 0 Å². The number of nitrogens with zero attached hydrogens (tertiary/aromatic N) is 2. The van der Waals surface area contributed by atoms with E-state index < -0.39 is 11.7 Å². The first-order valence-electron chi connectivity index (χ1n) is 8.35. The van der Waals surface area contributed by atoms with E-state index >= 15 is 0 Å². The van der Waals surface area contributed by atoms with E-state index in [1.165, 1.54) is 12.1 Å². The molecule has 4 nitrogen and oxygen atoms in total. The van der Waals surface area contributed by atoms with Crippen LogP contribution in [0.5, 0.6) is 0 Å². The van der Waals surface area contributed by atoms with Gasteiger partial charge in [-0.05, 0) is 43.4 Å². The van der Waals surface area contributed by atoms with Crippen LogP contribution < -0.4 is 0 Å².